The fourth-order valence-corrected chi connectivity index (χ4v) is 9.43. The van der Waals surface area contributed by atoms with Crippen LogP contribution in [0.25, 0.3) is 0 Å². The number of hydrogen-bond donors (Lipinski definition) is 2. The summed E-state index contributed by atoms with van der Waals surface area (Å²) in [5.74, 6) is 1.94. The van der Waals surface area contributed by atoms with Crippen LogP contribution < -0.4 is 0 Å². The standard InChI is InChI=1S/C27H44O4/c1-6-18-22-14-17(28)9-11-27(22,5)21-10-12-26(4)19(15(2)13-16(3)25(30)31)7-8-20(26)23(21)24(18)29/h15-23,28H,6-14H2,1-5H3,(H,30,31)/t15-,16+,17-,18-,19-,20?,21?,22?,23?,26-,27-/m1/s1. The van der Waals surface area contributed by atoms with Crippen LogP contribution in [-0.4, -0.2) is 28.1 Å². The molecule has 31 heavy (non-hydrogen) atoms. The molecule has 0 heterocycles. The maximum Gasteiger partial charge on any atom is 0.306 e. The molecule has 4 fully saturated rings. The van der Waals surface area contributed by atoms with Crippen LogP contribution >= 0.6 is 0 Å². The van der Waals surface area contributed by atoms with Gasteiger partial charge in [0.2, 0.25) is 0 Å². The van der Waals surface area contributed by atoms with Crippen molar-refractivity contribution in [3.63, 3.8) is 0 Å². The number of carboxylic acids is 1. The van der Waals surface area contributed by atoms with Gasteiger partial charge < -0.3 is 10.2 Å². The highest BCUT2D eigenvalue weighted by molar-refractivity contribution is 5.86. The molecule has 11 atom stereocenters. The van der Waals surface area contributed by atoms with Crippen molar-refractivity contribution in [2.24, 2.45) is 58.2 Å². The van der Waals surface area contributed by atoms with E-state index in [0.29, 0.717) is 35.4 Å². The van der Waals surface area contributed by atoms with Crippen molar-refractivity contribution in [2.45, 2.75) is 98.5 Å². The van der Waals surface area contributed by atoms with Gasteiger partial charge in [-0.05, 0) is 98.2 Å². The largest absolute Gasteiger partial charge is 0.481 e. The van der Waals surface area contributed by atoms with Gasteiger partial charge in [-0.1, -0.05) is 34.6 Å². The molecule has 0 saturated heterocycles. The van der Waals surface area contributed by atoms with Crippen molar-refractivity contribution < 1.29 is 19.8 Å². The molecule has 4 aliphatic rings. The summed E-state index contributed by atoms with van der Waals surface area (Å²) in [6.07, 6.45) is 8.70. The lowest BCUT2D eigenvalue weighted by molar-refractivity contribution is -0.173. The zero-order valence-corrected chi connectivity index (χ0v) is 20.3. The third-order valence-electron chi connectivity index (χ3n) is 11.0. The second-order valence-corrected chi connectivity index (χ2v) is 12.4. The Morgan fingerprint density at radius 2 is 1.68 bits per heavy atom. The summed E-state index contributed by atoms with van der Waals surface area (Å²) in [5.41, 5.74) is 0.339. The number of carboxylic acid groups (broad SMARTS) is 1. The molecule has 4 rings (SSSR count). The van der Waals surface area contributed by atoms with Gasteiger partial charge in [-0.15, -0.1) is 0 Å². The van der Waals surface area contributed by atoms with E-state index < -0.39 is 5.97 Å². The molecule has 0 aliphatic heterocycles. The van der Waals surface area contributed by atoms with Gasteiger partial charge in [-0.3, -0.25) is 9.59 Å². The molecule has 176 valence electrons. The summed E-state index contributed by atoms with van der Waals surface area (Å²) in [7, 11) is 0. The first kappa shape index (κ1) is 23.3. The molecule has 4 heteroatoms. The minimum absolute atomic E-state index is 0.104. The molecule has 4 aliphatic carbocycles. The van der Waals surface area contributed by atoms with Gasteiger partial charge in [0, 0.05) is 11.8 Å². The average molecular weight is 433 g/mol. The van der Waals surface area contributed by atoms with E-state index in [1.807, 2.05) is 6.92 Å². The van der Waals surface area contributed by atoms with Crippen molar-refractivity contribution in [1.82, 2.24) is 0 Å². The molecule has 0 aromatic carbocycles. The molecule has 0 aromatic rings. The van der Waals surface area contributed by atoms with Gasteiger partial charge in [0.05, 0.1) is 12.0 Å². The highest BCUT2D eigenvalue weighted by Crippen LogP contribution is 2.68. The highest BCUT2D eigenvalue weighted by atomic mass is 16.4. The van der Waals surface area contributed by atoms with Crippen molar-refractivity contribution in [1.29, 1.82) is 0 Å². The summed E-state index contributed by atoms with van der Waals surface area (Å²) < 4.78 is 0. The molecule has 0 bridgehead atoms. The van der Waals surface area contributed by atoms with E-state index in [4.69, 9.17) is 0 Å². The fourth-order valence-electron chi connectivity index (χ4n) is 9.43. The number of fused-ring (bicyclic) bond motifs is 5. The lowest BCUT2D eigenvalue weighted by Gasteiger charge is -2.62. The van der Waals surface area contributed by atoms with Crippen molar-refractivity contribution in [3.8, 4) is 0 Å². The van der Waals surface area contributed by atoms with E-state index in [1.54, 1.807) is 0 Å². The van der Waals surface area contributed by atoms with Gasteiger partial charge in [0.25, 0.3) is 0 Å². The maximum absolute atomic E-state index is 14.0. The van der Waals surface area contributed by atoms with Crippen LogP contribution in [0.5, 0.6) is 0 Å². The molecule has 2 N–H and O–H groups in total. The maximum atomic E-state index is 14.0. The minimum atomic E-state index is -0.693. The summed E-state index contributed by atoms with van der Waals surface area (Å²) in [6, 6.07) is 0. The lowest BCUT2D eigenvalue weighted by Crippen LogP contribution is -2.60. The molecular weight excluding hydrogens is 388 g/mol. The van der Waals surface area contributed by atoms with E-state index in [2.05, 4.69) is 27.7 Å². The molecule has 4 nitrogen and oxygen atoms in total. The Kier molecular flexibility index (Phi) is 6.12. The fraction of sp³-hybridized carbons (Fsp3) is 0.926. The van der Waals surface area contributed by atoms with Crippen LogP contribution in [0.4, 0.5) is 0 Å². The van der Waals surface area contributed by atoms with E-state index in [0.717, 1.165) is 51.4 Å². The lowest BCUT2D eigenvalue weighted by atomic mass is 9.42. The smallest absolute Gasteiger partial charge is 0.306 e. The van der Waals surface area contributed by atoms with Crippen LogP contribution in [0.1, 0.15) is 92.4 Å². The third-order valence-corrected chi connectivity index (χ3v) is 11.0. The monoisotopic (exact) mass is 432 g/mol. The predicted molar refractivity (Wildman–Crippen MR) is 121 cm³/mol. The Hall–Kier alpha value is -0.900. The SMILES string of the molecule is CC[C@H]1C(=O)C2C(CC[C@@]3(C)C2CC[C@@H]3[C@H](C)C[C@H](C)C(=O)O)[C@@]2(C)CC[C@@H](O)CC12. The number of aliphatic carboxylic acids is 1. The zero-order valence-electron chi connectivity index (χ0n) is 20.3. The Labute approximate surface area is 188 Å². The van der Waals surface area contributed by atoms with Crippen LogP contribution in [-0.2, 0) is 9.59 Å². The number of aliphatic hydroxyl groups excluding tert-OH is 1. The third kappa shape index (κ3) is 3.50. The van der Waals surface area contributed by atoms with Crippen LogP contribution in [0.2, 0.25) is 0 Å². The van der Waals surface area contributed by atoms with Crippen molar-refractivity contribution in [2.75, 3.05) is 0 Å². The Morgan fingerprint density at radius 1 is 1.03 bits per heavy atom. The Bertz CT molecular complexity index is 718. The highest BCUT2D eigenvalue weighted by Gasteiger charge is 2.65. The molecule has 0 spiro atoms. The molecule has 0 aromatic heterocycles. The number of carbonyl (C=O) groups is 2. The van der Waals surface area contributed by atoms with E-state index >= 15 is 0 Å². The Morgan fingerprint density at radius 3 is 2.32 bits per heavy atom. The summed E-state index contributed by atoms with van der Waals surface area (Å²) in [5, 5.41) is 19.8. The predicted octanol–water partition coefficient (Wildman–Crippen LogP) is 5.57. The summed E-state index contributed by atoms with van der Waals surface area (Å²) in [4.78, 5) is 25.4. The first-order valence-electron chi connectivity index (χ1n) is 13.0. The number of carbonyl (C=O) groups excluding carboxylic acids is 1. The first-order chi connectivity index (χ1) is 14.5. The van der Waals surface area contributed by atoms with Gasteiger partial charge >= 0.3 is 5.97 Å². The average Bonchev–Trinajstić information content (AvgIpc) is 3.06. The molecule has 0 amide bonds. The first-order valence-corrected chi connectivity index (χ1v) is 13.0. The second-order valence-electron chi connectivity index (χ2n) is 12.4. The topological polar surface area (TPSA) is 74.6 Å². The van der Waals surface area contributed by atoms with Crippen LogP contribution in [0.3, 0.4) is 0 Å². The molecule has 0 radical (unpaired) electrons. The summed E-state index contributed by atoms with van der Waals surface area (Å²) in [6.45, 7) is 11.1. The number of ketones is 1. The molecule has 4 unspecified atom stereocenters. The molecular formula is C27H44O4. The second kappa shape index (κ2) is 8.15. The number of hydrogen-bond acceptors (Lipinski definition) is 3. The Balaban J connectivity index is 1.62. The minimum Gasteiger partial charge on any atom is -0.481 e. The number of Topliss-reactive ketones (excluding diaryl/α,β-unsaturated/α-hetero) is 1. The van der Waals surface area contributed by atoms with Gasteiger partial charge in [0.1, 0.15) is 5.78 Å². The van der Waals surface area contributed by atoms with Crippen molar-refractivity contribution >= 4 is 11.8 Å². The van der Waals surface area contributed by atoms with E-state index in [9.17, 15) is 19.8 Å². The van der Waals surface area contributed by atoms with E-state index in [-0.39, 0.29) is 34.7 Å². The van der Waals surface area contributed by atoms with Gasteiger partial charge in [0.15, 0.2) is 0 Å². The summed E-state index contributed by atoms with van der Waals surface area (Å²) >= 11 is 0. The van der Waals surface area contributed by atoms with E-state index in [1.165, 1.54) is 6.42 Å². The normalized spacial score (nSPS) is 49.0. The van der Waals surface area contributed by atoms with Crippen molar-refractivity contribution in [3.05, 3.63) is 0 Å². The quantitative estimate of drug-likeness (QED) is 0.596. The van der Waals surface area contributed by atoms with Crippen LogP contribution in [0, 0.1) is 58.2 Å². The van der Waals surface area contributed by atoms with Gasteiger partial charge in [-0.25, -0.2) is 0 Å². The molecule has 4 saturated carbocycles. The number of rotatable bonds is 5. The zero-order chi connectivity index (χ0) is 22.7. The van der Waals surface area contributed by atoms with Gasteiger partial charge in [-0.2, -0.15) is 0 Å². The van der Waals surface area contributed by atoms with Crippen LogP contribution in [0.15, 0.2) is 0 Å². The number of aliphatic hydroxyl groups is 1.